The fraction of sp³-hybridized carbons (Fsp3) is 0.250. The summed E-state index contributed by atoms with van der Waals surface area (Å²) >= 11 is 0. The molecular formula is C20H16F4N8O2. The van der Waals surface area contributed by atoms with Crippen LogP contribution in [0, 0.1) is 5.82 Å². The monoisotopic (exact) mass is 476 g/mol. The molecule has 0 unspecified atom stereocenters. The van der Waals surface area contributed by atoms with Crippen molar-refractivity contribution in [1.82, 2.24) is 29.5 Å². The van der Waals surface area contributed by atoms with E-state index in [9.17, 15) is 27.5 Å². The number of aromatic hydroxyl groups is 1. The quantitative estimate of drug-likeness (QED) is 0.320. The fourth-order valence-corrected chi connectivity index (χ4v) is 3.27. The zero-order valence-electron chi connectivity index (χ0n) is 17.2. The molecule has 14 heteroatoms. The van der Waals surface area contributed by atoms with Crippen molar-refractivity contribution >= 4 is 17.7 Å². The number of anilines is 1. The Morgan fingerprint density at radius 2 is 2.06 bits per heavy atom. The second kappa shape index (κ2) is 7.97. The highest BCUT2D eigenvalue weighted by atomic mass is 19.4. The van der Waals surface area contributed by atoms with Crippen molar-refractivity contribution in [2.45, 2.75) is 31.6 Å². The van der Waals surface area contributed by atoms with E-state index in [2.05, 4.69) is 35.3 Å². The standard InChI is InChI=1S/C20H16F4N8O2/c21-14-9(2-1-3-12(14)20(22,23)24)7-25-17-29-15-10(6-13-16(33)30-19(34)28-13)8-26-32(15)18(31-17)27-11-4-5-11/h1-3,6,8,11,33H,4-5,7H2,(H,25,27,31)(H2,28,30,34)/b10-6+. The second-order valence-corrected chi connectivity index (χ2v) is 7.66. The van der Waals surface area contributed by atoms with Crippen LogP contribution in [0.3, 0.4) is 0 Å². The Labute approximate surface area is 186 Å². The summed E-state index contributed by atoms with van der Waals surface area (Å²) in [5.41, 5.74) is -1.63. The molecule has 4 aromatic rings. The summed E-state index contributed by atoms with van der Waals surface area (Å²) in [6.45, 7) is -0.312. The average molecular weight is 476 g/mol. The van der Waals surface area contributed by atoms with Crippen molar-refractivity contribution in [2.75, 3.05) is 5.32 Å². The van der Waals surface area contributed by atoms with Crippen molar-refractivity contribution in [3.8, 4) is 5.88 Å². The van der Waals surface area contributed by atoms with E-state index in [4.69, 9.17) is 0 Å². The molecule has 0 amide bonds. The van der Waals surface area contributed by atoms with Gasteiger partial charge in [-0.05, 0) is 25.0 Å². The molecule has 3 aromatic heterocycles. The van der Waals surface area contributed by atoms with Crippen LogP contribution in [0.15, 0.2) is 34.2 Å². The Morgan fingerprint density at radius 3 is 2.74 bits per heavy atom. The van der Waals surface area contributed by atoms with E-state index >= 15 is 0 Å². The van der Waals surface area contributed by atoms with Gasteiger partial charge in [0.25, 0.3) is 5.62 Å². The Morgan fingerprint density at radius 1 is 1.26 bits per heavy atom. The van der Waals surface area contributed by atoms with Crippen molar-refractivity contribution in [3.63, 3.8) is 0 Å². The third-order valence-electron chi connectivity index (χ3n) is 5.08. The van der Waals surface area contributed by atoms with E-state index < -0.39 is 23.2 Å². The van der Waals surface area contributed by atoms with Crippen LogP contribution in [0.25, 0.3) is 11.7 Å². The number of aromatic nitrogens is 6. The van der Waals surface area contributed by atoms with E-state index in [0.717, 1.165) is 18.9 Å². The summed E-state index contributed by atoms with van der Waals surface area (Å²) in [4.78, 5) is 29.1. The lowest BCUT2D eigenvalue weighted by Crippen LogP contribution is -2.25. The molecular weight excluding hydrogens is 460 g/mol. The van der Waals surface area contributed by atoms with Gasteiger partial charge in [-0.3, -0.25) is 4.98 Å². The third-order valence-corrected chi connectivity index (χ3v) is 5.08. The molecule has 176 valence electrons. The molecule has 1 aliphatic carbocycles. The lowest BCUT2D eigenvalue weighted by molar-refractivity contribution is -0.140. The topological polar surface area (TPSA) is 136 Å². The SMILES string of the molecule is O=c1[nH]c(O)c(/C=c2\cnn3c(=NC4CC4)nc(NCc4cccc(C(F)(F)F)c4F)nc23)[nH]1. The summed E-state index contributed by atoms with van der Waals surface area (Å²) in [5.74, 6) is -1.76. The summed E-state index contributed by atoms with van der Waals surface area (Å²) in [5, 5.41) is 17.2. The predicted octanol–water partition coefficient (Wildman–Crippen LogP) is 1.23. The summed E-state index contributed by atoms with van der Waals surface area (Å²) in [6, 6.07) is 3.08. The van der Waals surface area contributed by atoms with Crippen molar-refractivity contribution in [2.24, 2.45) is 4.99 Å². The maximum absolute atomic E-state index is 14.4. The fourth-order valence-electron chi connectivity index (χ4n) is 3.27. The molecule has 3 heterocycles. The van der Waals surface area contributed by atoms with Crippen molar-refractivity contribution < 1.29 is 22.7 Å². The third kappa shape index (κ3) is 4.21. The van der Waals surface area contributed by atoms with Gasteiger partial charge < -0.3 is 15.4 Å². The number of nitrogens with zero attached hydrogens (tertiary/aromatic N) is 5. The van der Waals surface area contributed by atoms with Gasteiger partial charge in [-0.1, -0.05) is 12.1 Å². The molecule has 0 saturated heterocycles. The first kappa shape index (κ1) is 21.6. The molecule has 1 aliphatic rings. The molecule has 34 heavy (non-hydrogen) atoms. The molecule has 1 fully saturated rings. The van der Waals surface area contributed by atoms with E-state index in [1.165, 1.54) is 22.9 Å². The zero-order valence-corrected chi connectivity index (χ0v) is 17.2. The highest BCUT2D eigenvalue weighted by Gasteiger charge is 2.34. The van der Waals surface area contributed by atoms with Gasteiger partial charge >= 0.3 is 11.9 Å². The molecule has 4 N–H and O–H groups in total. The number of nitrogens with one attached hydrogen (secondary N) is 3. The number of hydrogen-bond donors (Lipinski definition) is 4. The first-order chi connectivity index (χ1) is 16.2. The number of hydrogen-bond acceptors (Lipinski definition) is 7. The van der Waals surface area contributed by atoms with Gasteiger partial charge in [0.15, 0.2) is 5.65 Å². The summed E-state index contributed by atoms with van der Waals surface area (Å²) < 4.78 is 54.8. The highest BCUT2D eigenvalue weighted by molar-refractivity contribution is 5.57. The number of halogens is 4. The number of fused-ring (bicyclic) bond motifs is 1. The molecule has 0 spiro atoms. The molecule has 1 aromatic carbocycles. The number of benzene rings is 1. The van der Waals surface area contributed by atoms with Gasteiger partial charge in [-0.25, -0.2) is 14.2 Å². The smallest absolute Gasteiger partial charge is 0.419 e. The number of rotatable bonds is 5. The maximum Gasteiger partial charge on any atom is 0.419 e. The first-order valence-corrected chi connectivity index (χ1v) is 10.1. The summed E-state index contributed by atoms with van der Waals surface area (Å²) in [7, 11) is 0. The lowest BCUT2D eigenvalue weighted by atomic mass is 10.1. The van der Waals surface area contributed by atoms with Crippen LogP contribution >= 0.6 is 0 Å². The molecule has 0 aliphatic heterocycles. The van der Waals surface area contributed by atoms with Gasteiger partial charge in [-0.15, -0.1) is 0 Å². The number of alkyl halides is 3. The number of H-pyrrole nitrogens is 2. The van der Waals surface area contributed by atoms with Crippen LogP contribution in [0.4, 0.5) is 23.5 Å². The Hall–Kier alpha value is -4.23. The van der Waals surface area contributed by atoms with Gasteiger partial charge in [-0.2, -0.15) is 32.8 Å². The normalized spacial score (nSPS) is 15.4. The number of imidazole rings is 1. The predicted molar refractivity (Wildman–Crippen MR) is 110 cm³/mol. The Bertz CT molecular complexity index is 1570. The Balaban J connectivity index is 1.56. The molecule has 10 nitrogen and oxygen atoms in total. The molecule has 0 atom stereocenters. The van der Waals surface area contributed by atoms with Crippen LogP contribution < -0.4 is 21.8 Å². The van der Waals surface area contributed by atoms with Crippen LogP contribution in [-0.4, -0.2) is 40.7 Å². The van der Waals surface area contributed by atoms with Crippen LogP contribution in [0.5, 0.6) is 5.88 Å². The summed E-state index contributed by atoms with van der Waals surface area (Å²) in [6.07, 6.45) is -0.208. The van der Waals surface area contributed by atoms with E-state index in [1.54, 1.807) is 0 Å². The first-order valence-electron chi connectivity index (χ1n) is 10.1. The van der Waals surface area contributed by atoms with Gasteiger partial charge in [0.2, 0.25) is 11.8 Å². The molecule has 0 radical (unpaired) electrons. The highest BCUT2D eigenvalue weighted by Crippen LogP contribution is 2.32. The van der Waals surface area contributed by atoms with E-state index in [1.807, 2.05) is 0 Å². The molecule has 1 saturated carbocycles. The van der Waals surface area contributed by atoms with Gasteiger partial charge in [0.05, 0.1) is 17.8 Å². The van der Waals surface area contributed by atoms with Gasteiger partial charge in [0, 0.05) is 17.3 Å². The minimum atomic E-state index is -4.82. The minimum absolute atomic E-state index is 0.00866. The van der Waals surface area contributed by atoms with Crippen LogP contribution in [0.2, 0.25) is 0 Å². The van der Waals surface area contributed by atoms with E-state index in [0.29, 0.717) is 11.3 Å². The zero-order chi connectivity index (χ0) is 24.0. The second-order valence-electron chi connectivity index (χ2n) is 7.66. The van der Waals surface area contributed by atoms with E-state index in [-0.39, 0.29) is 46.9 Å². The largest absolute Gasteiger partial charge is 0.493 e. The molecule has 0 bridgehead atoms. The van der Waals surface area contributed by atoms with Crippen molar-refractivity contribution in [3.05, 3.63) is 68.4 Å². The Kier molecular flexibility index (Phi) is 5.06. The van der Waals surface area contributed by atoms with Crippen LogP contribution in [0.1, 0.15) is 29.7 Å². The van der Waals surface area contributed by atoms with Crippen LogP contribution in [-0.2, 0) is 12.7 Å². The average Bonchev–Trinajstić information content (AvgIpc) is 3.40. The maximum atomic E-state index is 14.4. The van der Waals surface area contributed by atoms with Gasteiger partial charge in [0.1, 0.15) is 11.5 Å². The minimum Gasteiger partial charge on any atom is -0.493 e. The number of aromatic amines is 2. The van der Waals surface area contributed by atoms with Crippen molar-refractivity contribution in [1.29, 1.82) is 0 Å². The lowest BCUT2D eigenvalue weighted by Gasteiger charge is -2.11. The molecule has 5 rings (SSSR count).